The average molecular weight is 621 g/mol. The van der Waals surface area contributed by atoms with E-state index >= 15 is 4.39 Å². The summed E-state index contributed by atoms with van der Waals surface area (Å²) in [6, 6.07) is 16.8. The molecule has 4 aliphatic rings. The number of ether oxygens (including phenoxy) is 1. The molecular weight excluding hydrogens is 575 g/mol. The van der Waals surface area contributed by atoms with Crippen LogP contribution in [-0.2, 0) is 24.8 Å². The van der Waals surface area contributed by atoms with E-state index in [4.69, 9.17) is 4.74 Å². The number of hydrogen-bond donors (Lipinski definition) is 0. The minimum absolute atomic E-state index is 0.0349. The number of hydrogen-bond acceptors (Lipinski definition) is 6. The normalized spacial score (nSPS) is 27.2. The molecule has 3 saturated carbocycles. The highest BCUT2D eigenvalue weighted by molar-refractivity contribution is 7.92. The predicted octanol–water partition coefficient (Wildman–Crippen LogP) is 7.37. The molecule has 0 spiro atoms. The van der Waals surface area contributed by atoms with Crippen molar-refractivity contribution in [1.82, 2.24) is 0 Å². The maximum absolute atomic E-state index is 15.4. The van der Waals surface area contributed by atoms with Crippen LogP contribution in [0.1, 0.15) is 89.5 Å². The Balaban J connectivity index is 1.01. The van der Waals surface area contributed by atoms with Crippen LogP contribution in [0.4, 0.5) is 10.1 Å². The Kier molecular flexibility index (Phi) is 9.06. The van der Waals surface area contributed by atoms with Crippen LogP contribution in [0.5, 0.6) is 0 Å². The van der Waals surface area contributed by atoms with Crippen LogP contribution in [-0.4, -0.2) is 38.8 Å². The zero-order valence-electron chi connectivity index (χ0n) is 25.8. The summed E-state index contributed by atoms with van der Waals surface area (Å²) in [6.07, 6.45) is 11.0. The van der Waals surface area contributed by atoms with Gasteiger partial charge >= 0.3 is 5.97 Å². The van der Waals surface area contributed by atoms with Crippen LogP contribution in [0.3, 0.4) is 0 Å². The summed E-state index contributed by atoms with van der Waals surface area (Å²) < 4.78 is 46.0. The fourth-order valence-electron chi connectivity index (χ4n) is 8.54. The number of nitrogens with zero attached hydrogens (tertiary/aromatic N) is 2. The van der Waals surface area contributed by atoms with Crippen molar-refractivity contribution in [2.45, 2.75) is 106 Å². The van der Waals surface area contributed by atoms with E-state index in [1.807, 2.05) is 18.2 Å². The molecule has 1 saturated heterocycles. The van der Waals surface area contributed by atoms with Gasteiger partial charge in [0.15, 0.2) is 9.84 Å². The van der Waals surface area contributed by atoms with Crippen molar-refractivity contribution in [3.63, 3.8) is 0 Å². The maximum atomic E-state index is 15.4. The lowest BCUT2D eigenvalue weighted by Gasteiger charge is -2.45. The Morgan fingerprint density at radius 2 is 1.64 bits per heavy atom. The minimum Gasteiger partial charge on any atom is -0.462 e. The number of halogens is 1. The number of carbonyl (C=O) groups is 1. The number of benzene rings is 2. The van der Waals surface area contributed by atoms with Crippen LogP contribution >= 0.6 is 0 Å². The van der Waals surface area contributed by atoms with E-state index in [1.165, 1.54) is 32.3 Å². The molecule has 6 rings (SSSR count). The lowest BCUT2D eigenvalue weighted by molar-refractivity contribution is -0.149. The van der Waals surface area contributed by atoms with Gasteiger partial charge in [0.25, 0.3) is 0 Å². The summed E-state index contributed by atoms with van der Waals surface area (Å²) in [4.78, 5) is 14.7. The van der Waals surface area contributed by atoms with E-state index < -0.39 is 15.3 Å². The van der Waals surface area contributed by atoms with Crippen molar-refractivity contribution in [2.24, 2.45) is 23.7 Å². The molecule has 0 radical (unpaired) electrons. The first-order chi connectivity index (χ1) is 21.2. The van der Waals surface area contributed by atoms with Gasteiger partial charge in [0.2, 0.25) is 0 Å². The Morgan fingerprint density at radius 1 is 0.955 bits per heavy atom. The first-order valence-electron chi connectivity index (χ1n) is 16.6. The van der Waals surface area contributed by atoms with E-state index in [1.54, 1.807) is 24.3 Å². The fourth-order valence-corrected chi connectivity index (χ4v) is 10.2. The molecule has 1 unspecified atom stereocenters. The van der Waals surface area contributed by atoms with Gasteiger partial charge in [-0.3, -0.25) is 4.79 Å². The van der Waals surface area contributed by atoms with Crippen molar-refractivity contribution in [2.75, 3.05) is 18.0 Å². The fraction of sp³-hybridized carbons (Fsp3) is 0.611. The van der Waals surface area contributed by atoms with E-state index in [0.29, 0.717) is 22.3 Å². The first kappa shape index (κ1) is 31.1. The molecule has 0 N–H and O–H groups in total. The zero-order valence-corrected chi connectivity index (χ0v) is 26.6. The van der Waals surface area contributed by atoms with Crippen LogP contribution in [0.25, 0.3) is 0 Å². The van der Waals surface area contributed by atoms with Gasteiger partial charge in [-0.05, 0) is 99.5 Å². The van der Waals surface area contributed by atoms with E-state index in [2.05, 4.69) is 11.0 Å². The van der Waals surface area contributed by atoms with Gasteiger partial charge in [-0.2, -0.15) is 5.26 Å². The minimum atomic E-state index is -3.14. The third kappa shape index (κ3) is 6.14. The number of carbonyl (C=O) groups excluding carboxylic acids is 1. The molecular formula is C36H45FN2O4S. The Hall–Kier alpha value is -2.92. The molecule has 2 aromatic rings. The number of anilines is 1. The molecule has 0 aromatic heterocycles. The molecule has 3 atom stereocenters. The third-order valence-electron chi connectivity index (χ3n) is 11.0. The monoisotopic (exact) mass is 620 g/mol. The highest BCUT2D eigenvalue weighted by Gasteiger charge is 2.54. The standard InChI is InChI=1S/C36H45FN2O4S/c1-25(40)43-35-11-5-9-33(35)36(24-38,32-8-2-3-10-34(32)37)28-14-12-26(13-15-28)6-4-7-27-22-39(23-27)29-16-18-30(19-17-29)44(41,42)31-20-21-31/h2-3,8,10,16-19,26-28,31,33,35H,4-7,9,11-15,20-23H2,1H3/t26?,28?,33-,35-,36?/m1/s1. The molecule has 4 fully saturated rings. The molecule has 236 valence electrons. The van der Waals surface area contributed by atoms with Gasteiger partial charge in [-0.25, -0.2) is 12.8 Å². The molecule has 44 heavy (non-hydrogen) atoms. The average Bonchev–Trinajstić information content (AvgIpc) is 3.77. The van der Waals surface area contributed by atoms with Crippen LogP contribution < -0.4 is 4.90 Å². The molecule has 0 bridgehead atoms. The molecule has 6 nitrogen and oxygen atoms in total. The topological polar surface area (TPSA) is 87.5 Å². The Labute approximate surface area is 261 Å². The van der Waals surface area contributed by atoms with E-state index in [-0.39, 0.29) is 35.0 Å². The highest BCUT2D eigenvalue weighted by Crippen LogP contribution is 2.53. The van der Waals surface area contributed by atoms with Gasteiger partial charge in [0.05, 0.1) is 21.6 Å². The van der Waals surface area contributed by atoms with Gasteiger partial charge in [-0.15, -0.1) is 0 Å². The number of sulfone groups is 1. The Morgan fingerprint density at radius 3 is 2.27 bits per heavy atom. The lowest BCUT2D eigenvalue weighted by atomic mass is 9.57. The summed E-state index contributed by atoms with van der Waals surface area (Å²) >= 11 is 0. The second-order valence-electron chi connectivity index (χ2n) is 13.8. The van der Waals surface area contributed by atoms with Gasteiger partial charge < -0.3 is 9.64 Å². The zero-order chi connectivity index (χ0) is 30.9. The predicted molar refractivity (Wildman–Crippen MR) is 168 cm³/mol. The quantitative estimate of drug-likeness (QED) is 0.244. The smallest absolute Gasteiger partial charge is 0.302 e. The summed E-state index contributed by atoms with van der Waals surface area (Å²) in [5, 5.41) is 10.6. The van der Waals surface area contributed by atoms with Gasteiger partial charge in [0.1, 0.15) is 11.9 Å². The molecule has 8 heteroatoms. The van der Waals surface area contributed by atoms with Crippen LogP contribution in [0.15, 0.2) is 53.4 Å². The van der Waals surface area contributed by atoms with Gasteiger partial charge in [0, 0.05) is 37.2 Å². The van der Waals surface area contributed by atoms with Crippen LogP contribution in [0.2, 0.25) is 0 Å². The second-order valence-corrected chi connectivity index (χ2v) is 16.0. The summed E-state index contributed by atoms with van der Waals surface area (Å²) in [7, 11) is -3.14. The largest absolute Gasteiger partial charge is 0.462 e. The van der Waals surface area contributed by atoms with Crippen molar-refractivity contribution in [3.8, 4) is 6.07 Å². The van der Waals surface area contributed by atoms with Crippen molar-refractivity contribution in [3.05, 3.63) is 59.9 Å². The second kappa shape index (κ2) is 12.8. The van der Waals surface area contributed by atoms with Crippen LogP contribution in [0, 0.1) is 40.8 Å². The van der Waals surface area contributed by atoms with Gasteiger partial charge in [-0.1, -0.05) is 43.9 Å². The summed E-state index contributed by atoms with van der Waals surface area (Å²) in [5.41, 5.74) is 0.579. The SMILES string of the molecule is CC(=O)O[C@@H]1CCC[C@H]1C(C#N)(c1ccccc1F)C1CCC(CCCC2CN(c3ccc(S(=O)(=O)C4CC4)cc3)C2)CC1. The molecule has 0 amide bonds. The highest BCUT2D eigenvalue weighted by atomic mass is 32.2. The summed E-state index contributed by atoms with van der Waals surface area (Å²) in [6.45, 7) is 3.44. The maximum Gasteiger partial charge on any atom is 0.302 e. The van der Waals surface area contributed by atoms with Crippen molar-refractivity contribution >= 4 is 21.5 Å². The van der Waals surface area contributed by atoms with E-state index in [0.717, 1.165) is 76.6 Å². The third-order valence-corrected chi connectivity index (χ3v) is 13.3. The number of esters is 1. The van der Waals surface area contributed by atoms with Crippen molar-refractivity contribution < 1.29 is 22.3 Å². The lowest BCUT2D eigenvalue weighted by Crippen LogP contribution is -2.47. The molecule has 3 aliphatic carbocycles. The number of nitriles is 1. The Bertz CT molecular complexity index is 1470. The van der Waals surface area contributed by atoms with E-state index in [9.17, 15) is 18.5 Å². The summed E-state index contributed by atoms with van der Waals surface area (Å²) in [5.74, 6) is 0.446. The molecule has 1 heterocycles. The molecule has 2 aromatic carbocycles. The molecule has 1 aliphatic heterocycles. The first-order valence-corrected chi connectivity index (χ1v) is 18.2. The van der Waals surface area contributed by atoms with Crippen molar-refractivity contribution in [1.29, 1.82) is 5.26 Å². The number of rotatable bonds is 11.